The van der Waals surface area contributed by atoms with Gasteiger partial charge in [-0.3, -0.25) is 9.69 Å². The van der Waals surface area contributed by atoms with Crippen molar-refractivity contribution in [3.05, 3.63) is 41.7 Å². The van der Waals surface area contributed by atoms with Crippen LogP contribution in [0.3, 0.4) is 0 Å². The van der Waals surface area contributed by atoms with Gasteiger partial charge in [0.1, 0.15) is 23.0 Å². The number of hydrogen-bond donors (Lipinski definition) is 2. The number of morpholine rings is 1. The van der Waals surface area contributed by atoms with Crippen LogP contribution in [0.1, 0.15) is 63.0 Å². The van der Waals surface area contributed by atoms with E-state index in [9.17, 15) is 4.79 Å². The molecular weight excluding hydrogens is 468 g/mol. The van der Waals surface area contributed by atoms with Crippen molar-refractivity contribution in [1.82, 2.24) is 25.1 Å². The van der Waals surface area contributed by atoms with Gasteiger partial charge < -0.3 is 24.7 Å². The first-order chi connectivity index (χ1) is 17.7. The Bertz CT molecular complexity index is 998. The van der Waals surface area contributed by atoms with E-state index in [0.717, 1.165) is 58.1 Å². The average Bonchev–Trinajstić information content (AvgIpc) is 3.39. The Morgan fingerprint density at radius 1 is 1.27 bits per heavy atom. The SMILES string of the molecule is CC(C)CN(C(=O)c1cnc(C(C)(C)C)nc1NCc1ccco1)[C@@H]1CNC[C@@H](CN2CCOCC2)C1. The standard InChI is InChI=1S/C28H44N6O3/c1-20(2)18-34(22-13-21(14-29-15-22)19-33-8-11-36-12-9-33)26(35)24-17-31-27(28(3,4)5)32-25(24)30-16-23-7-6-10-37-23/h6-7,10,17,20-22,29H,8-9,11-16,18-19H2,1-5H3,(H,30,31,32)/t21-,22-/m0/s1. The molecule has 37 heavy (non-hydrogen) atoms. The monoisotopic (exact) mass is 512 g/mol. The summed E-state index contributed by atoms with van der Waals surface area (Å²) in [7, 11) is 0. The van der Waals surface area contributed by atoms with Gasteiger partial charge >= 0.3 is 0 Å². The minimum Gasteiger partial charge on any atom is -0.467 e. The molecule has 9 heteroatoms. The first-order valence-electron chi connectivity index (χ1n) is 13.7. The Morgan fingerprint density at radius 2 is 2.05 bits per heavy atom. The molecule has 9 nitrogen and oxygen atoms in total. The molecule has 2 aromatic rings. The molecule has 0 saturated carbocycles. The van der Waals surface area contributed by atoms with Crippen molar-refractivity contribution in [2.75, 3.05) is 57.8 Å². The van der Waals surface area contributed by atoms with Gasteiger partial charge in [-0.25, -0.2) is 9.97 Å². The average molecular weight is 513 g/mol. The highest BCUT2D eigenvalue weighted by Crippen LogP contribution is 2.26. The Morgan fingerprint density at radius 3 is 2.73 bits per heavy atom. The lowest BCUT2D eigenvalue weighted by atomic mass is 9.92. The third-order valence-electron chi connectivity index (χ3n) is 7.00. The molecule has 2 N–H and O–H groups in total. The van der Waals surface area contributed by atoms with Crippen LogP contribution in [0.2, 0.25) is 0 Å². The molecule has 0 unspecified atom stereocenters. The molecule has 0 bridgehead atoms. The second kappa shape index (κ2) is 12.4. The lowest BCUT2D eigenvalue weighted by Crippen LogP contribution is -2.54. The van der Waals surface area contributed by atoms with Crippen molar-refractivity contribution < 1.29 is 13.9 Å². The van der Waals surface area contributed by atoms with Crippen LogP contribution >= 0.6 is 0 Å². The molecular formula is C28H44N6O3. The summed E-state index contributed by atoms with van der Waals surface area (Å²) in [5.41, 5.74) is 0.274. The summed E-state index contributed by atoms with van der Waals surface area (Å²) < 4.78 is 11.0. The van der Waals surface area contributed by atoms with E-state index >= 15 is 0 Å². The van der Waals surface area contributed by atoms with E-state index in [1.807, 2.05) is 12.1 Å². The topological polar surface area (TPSA) is 95.8 Å². The Labute approximate surface area is 221 Å². The Hall–Kier alpha value is -2.49. The minimum absolute atomic E-state index is 0.0186. The van der Waals surface area contributed by atoms with Crippen LogP contribution in [0.4, 0.5) is 5.82 Å². The summed E-state index contributed by atoms with van der Waals surface area (Å²) in [6.45, 7) is 18.1. The second-order valence-electron chi connectivity index (χ2n) is 11.8. The summed E-state index contributed by atoms with van der Waals surface area (Å²) in [4.78, 5) is 28.1. The fraction of sp³-hybridized carbons (Fsp3) is 0.679. The van der Waals surface area contributed by atoms with Gasteiger partial charge in [0.25, 0.3) is 5.91 Å². The smallest absolute Gasteiger partial charge is 0.259 e. The molecule has 0 aliphatic carbocycles. The van der Waals surface area contributed by atoms with Crippen molar-refractivity contribution in [2.24, 2.45) is 11.8 Å². The molecule has 2 fully saturated rings. The number of rotatable bonds is 9. The fourth-order valence-electron chi connectivity index (χ4n) is 5.10. The molecule has 2 aromatic heterocycles. The van der Waals surface area contributed by atoms with Gasteiger partial charge in [0.15, 0.2) is 0 Å². The van der Waals surface area contributed by atoms with Crippen molar-refractivity contribution in [1.29, 1.82) is 0 Å². The predicted molar refractivity (Wildman–Crippen MR) is 145 cm³/mol. The first kappa shape index (κ1) is 27.5. The third kappa shape index (κ3) is 7.52. The van der Waals surface area contributed by atoms with Crippen LogP contribution in [0.15, 0.2) is 29.0 Å². The fourth-order valence-corrected chi connectivity index (χ4v) is 5.10. The highest BCUT2D eigenvalue weighted by Gasteiger charge is 2.33. The molecule has 2 aliphatic rings. The number of anilines is 1. The van der Waals surface area contributed by atoms with Crippen LogP contribution in [0, 0.1) is 11.8 Å². The number of ether oxygens (including phenoxy) is 1. The van der Waals surface area contributed by atoms with Gasteiger partial charge in [-0.05, 0) is 36.9 Å². The van der Waals surface area contributed by atoms with E-state index < -0.39 is 0 Å². The highest BCUT2D eigenvalue weighted by atomic mass is 16.5. The van der Waals surface area contributed by atoms with Crippen LogP contribution < -0.4 is 10.6 Å². The van der Waals surface area contributed by atoms with E-state index in [0.29, 0.717) is 42.1 Å². The molecule has 2 saturated heterocycles. The van der Waals surface area contributed by atoms with Gasteiger partial charge in [-0.1, -0.05) is 34.6 Å². The van der Waals surface area contributed by atoms with E-state index in [1.165, 1.54) is 0 Å². The number of carbonyl (C=O) groups excluding carboxylic acids is 1. The maximum Gasteiger partial charge on any atom is 0.259 e. The lowest BCUT2D eigenvalue weighted by molar-refractivity contribution is 0.0235. The maximum absolute atomic E-state index is 14.1. The molecule has 4 rings (SSSR count). The molecule has 2 atom stereocenters. The van der Waals surface area contributed by atoms with E-state index in [4.69, 9.17) is 14.1 Å². The van der Waals surface area contributed by atoms with Crippen molar-refractivity contribution in [2.45, 2.75) is 59.0 Å². The van der Waals surface area contributed by atoms with Crippen molar-refractivity contribution in [3.8, 4) is 0 Å². The van der Waals surface area contributed by atoms with E-state index in [1.54, 1.807) is 12.5 Å². The Kier molecular flexibility index (Phi) is 9.21. The number of nitrogens with zero attached hydrogens (tertiary/aromatic N) is 4. The van der Waals surface area contributed by atoms with Crippen LogP contribution in [-0.2, 0) is 16.7 Å². The van der Waals surface area contributed by atoms with E-state index in [-0.39, 0.29) is 17.4 Å². The van der Waals surface area contributed by atoms with E-state index in [2.05, 4.69) is 60.0 Å². The summed E-state index contributed by atoms with van der Waals surface area (Å²) in [6, 6.07) is 3.89. The highest BCUT2D eigenvalue weighted by molar-refractivity contribution is 5.98. The molecule has 2 aliphatic heterocycles. The number of hydrogen-bond acceptors (Lipinski definition) is 8. The minimum atomic E-state index is -0.236. The van der Waals surface area contributed by atoms with Gasteiger partial charge in [0.2, 0.25) is 0 Å². The zero-order valence-electron chi connectivity index (χ0n) is 23.1. The van der Waals surface area contributed by atoms with Gasteiger partial charge in [0, 0.05) is 50.4 Å². The van der Waals surface area contributed by atoms with Gasteiger partial charge in [0.05, 0.1) is 26.0 Å². The molecule has 1 amide bonds. The zero-order chi connectivity index (χ0) is 26.4. The molecule has 4 heterocycles. The normalized spacial score (nSPS) is 21.2. The predicted octanol–water partition coefficient (Wildman–Crippen LogP) is 3.39. The lowest BCUT2D eigenvalue weighted by Gasteiger charge is -2.40. The number of carbonyl (C=O) groups is 1. The number of aromatic nitrogens is 2. The van der Waals surface area contributed by atoms with Crippen LogP contribution in [-0.4, -0.2) is 84.2 Å². The second-order valence-corrected chi connectivity index (χ2v) is 11.8. The number of piperidine rings is 1. The summed E-state index contributed by atoms with van der Waals surface area (Å²) in [6.07, 6.45) is 4.34. The number of nitrogens with one attached hydrogen (secondary N) is 2. The summed E-state index contributed by atoms with van der Waals surface area (Å²) in [5, 5.41) is 6.97. The molecule has 0 aromatic carbocycles. The van der Waals surface area contributed by atoms with Gasteiger partial charge in [-0.15, -0.1) is 0 Å². The van der Waals surface area contributed by atoms with Crippen molar-refractivity contribution in [3.63, 3.8) is 0 Å². The summed E-state index contributed by atoms with van der Waals surface area (Å²) >= 11 is 0. The third-order valence-corrected chi connectivity index (χ3v) is 7.00. The summed E-state index contributed by atoms with van der Waals surface area (Å²) in [5.74, 6) is 2.87. The van der Waals surface area contributed by atoms with Crippen LogP contribution in [0.25, 0.3) is 0 Å². The van der Waals surface area contributed by atoms with Crippen molar-refractivity contribution >= 4 is 11.7 Å². The number of furan rings is 1. The number of amides is 1. The molecule has 204 valence electrons. The maximum atomic E-state index is 14.1. The largest absolute Gasteiger partial charge is 0.467 e. The molecule has 0 radical (unpaired) electrons. The van der Waals surface area contributed by atoms with Crippen LogP contribution in [0.5, 0.6) is 0 Å². The quantitative estimate of drug-likeness (QED) is 0.528. The Balaban J connectivity index is 1.56. The zero-order valence-corrected chi connectivity index (χ0v) is 23.1. The van der Waals surface area contributed by atoms with Gasteiger partial charge in [-0.2, -0.15) is 0 Å². The molecule has 0 spiro atoms. The first-order valence-corrected chi connectivity index (χ1v) is 13.7.